The molecule has 0 radical (unpaired) electrons. The van der Waals surface area contributed by atoms with Crippen LogP contribution in [0.15, 0.2) is 72.4 Å². The first kappa shape index (κ1) is 27.6. The molecule has 3 rings (SSSR count). The minimum Gasteiger partial charge on any atom is -0.493 e. The maximum absolute atomic E-state index is 12.5. The van der Waals surface area contributed by atoms with Gasteiger partial charge in [-0.3, -0.25) is 9.59 Å². The van der Waals surface area contributed by atoms with E-state index in [0.717, 1.165) is 5.56 Å². The van der Waals surface area contributed by atoms with Crippen LogP contribution in [0.4, 0.5) is 5.69 Å². The Labute approximate surface area is 224 Å². The smallest absolute Gasteiger partial charge is 0.271 e. The molecule has 0 fully saturated rings. The van der Waals surface area contributed by atoms with Gasteiger partial charge in [-0.15, -0.1) is 0 Å². The Kier molecular flexibility index (Phi) is 9.94. The van der Waals surface area contributed by atoms with Crippen molar-refractivity contribution in [3.63, 3.8) is 0 Å². The number of carbonyl (C=O) groups is 2. The number of halogens is 2. The van der Waals surface area contributed by atoms with Gasteiger partial charge >= 0.3 is 0 Å². The van der Waals surface area contributed by atoms with Gasteiger partial charge in [0.25, 0.3) is 11.8 Å². The third kappa shape index (κ3) is 7.99. The van der Waals surface area contributed by atoms with Crippen molar-refractivity contribution in [2.45, 2.75) is 6.92 Å². The topological polar surface area (TPSA) is 98.3 Å². The molecule has 0 saturated carbocycles. The highest BCUT2D eigenvalue weighted by atomic mass is 35.5. The van der Waals surface area contributed by atoms with Gasteiger partial charge in [-0.05, 0) is 55.0 Å². The average molecular weight is 542 g/mol. The third-order valence-corrected chi connectivity index (χ3v) is 5.43. The van der Waals surface area contributed by atoms with Crippen LogP contribution in [0, 0.1) is 6.92 Å². The maximum Gasteiger partial charge on any atom is 0.271 e. The van der Waals surface area contributed by atoms with E-state index in [1.807, 2.05) is 19.1 Å². The lowest BCUT2D eigenvalue weighted by molar-refractivity contribution is -0.118. The lowest BCUT2D eigenvalue weighted by Crippen LogP contribution is -2.20. The van der Waals surface area contributed by atoms with Crippen molar-refractivity contribution in [3.8, 4) is 17.2 Å². The molecule has 3 aromatic rings. The van der Waals surface area contributed by atoms with Crippen LogP contribution in [0.25, 0.3) is 0 Å². The van der Waals surface area contributed by atoms with E-state index in [1.165, 1.54) is 19.4 Å². The molecule has 0 spiro atoms. The van der Waals surface area contributed by atoms with Crippen molar-refractivity contribution in [3.05, 3.63) is 94.0 Å². The van der Waals surface area contributed by atoms with Gasteiger partial charge in [-0.25, -0.2) is 5.43 Å². The quantitative estimate of drug-likeness (QED) is 0.185. The normalized spacial score (nSPS) is 10.6. The summed E-state index contributed by atoms with van der Waals surface area (Å²) in [6.07, 6.45) is 2.98. The molecule has 2 amide bonds. The fourth-order valence-electron chi connectivity index (χ4n) is 3.07. The number of carbonyl (C=O) groups excluding carboxylic acids is 2. The molecule has 37 heavy (non-hydrogen) atoms. The first-order valence-electron chi connectivity index (χ1n) is 11.0. The van der Waals surface area contributed by atoms with Gasteiger partial charge in [0.1, 0.15) is 6.61 Å². The van der Waals surface area contributed by atoms with Crippen LogP contribution >= 0.6 is 23.2 Å². The summed E-state index contributed by atoms with van der Waals surface area (Å²) < 4.78 is 16.3. The van der Waals surface area contributed by atoms with Crippen molar-refractivity contribution in [1.82, 2.24) is 5.43 Å². The van der Waals surface area contributed by atoms with E-state index < -0.39 is 5.91 Å². The Balaban J connectivity index is 1.58. The van der Waals surface area contributed by atoms with Crippen LogP contribution in [-0.2, 0) is 4.79 Å². The Hall–Kier alpha value is -4.01. The molecule has 8 nitrogen and oxygen atoms in total. The molecule has 0 saturated heterocycles. The largest absolute Gasteiger partial charge is 0.493 e. The predicted octanol–water partition coefficient (Wildman–Crippen LogP) is 5.66. The number of anilines is 1. The van der Waals surface area contributed by atoms with Gasteiger partial charge in [0.2, 0.25) is 0 Å². The van der Waals surface area contributed by atoms with Crippen LogP contribution in [0.2, 0.25) is 10.0 Å². The summed E-state index contributed by atoms with van der Waals surface area (Å²) in [7, 11) is 1.48. The number of nitrogens with one attached hydrogen (secondary N) is 2. The minimum atomic E-state index is -0.457. The summed E-state index contributed by atoms with van der Waals surface area (Å²) >= 11 is 12.6. The molecule has 192 valence electrons. The Bertz CT molecular complexity index is 1290. The van der Waals surface area contributed by atoms with Gasteiger partial charge in [0.05, 0.1) is 23.4 Å². The van der Waals surface area contributed by atoms with Crippen molar-refractivity contribution in [2.75, 3.05) is 25.6 Å². The molecule has 0 aliphatic carbocycles. The summed E-state index contributed by atoms with van der Waals surface area (Å²) in [6.45, 7) is 5.58. The van der Waals surface area contributed by atoms with E-state index in [0.29, 0.717) is 34.9 Å². The van der Waals surface area contributed by atoms with E-state index >= 15 is 0 Å². The summed E-state index contributed by atoms with van der Waals surface area (Å²) in [5.41, 5.74) is 5.00. The highest BCUT2D eigenvalue weighted by molar-refractivity contribution is 6.37. The minimum absolute atomic E-state index is 0.162. The zero-order valence-electron chi connectivity index (χ0n) is 20.2. The SMILES string of the molecule is C=CCOc1ccc(C(=O)N/N=C/c2cc(Cl)c(OCC(=O)Nc3ccc(C)cc3)c(Cl)c2)cc1OC. The van der Waals surface area contributed by atoms with Gasteiger partial charge in [0, 0.05) is 11.3 Å². The van der Waals surface area contributed by atoms with Gasteiger partial charge in [0.15, 0.2) is 23.9 Å². The van der Waals surface area contributed by atoms with E-state index in [9.17, 15) is 9.59 Å². The van der Waals surface area contributed by atoms with Crippen molar-refractivity contribution >= 4 is 46.9 Å². The van der Waals surface area contributed by atoms with Crippen molar-refractivity contribution in [1.29, 1.82) is 0 Å². The Morgan fingerprint density at radius 1 is 1.00 bits per heavy atom. The molecular formula is C27H25Cl2N3O5. The van der Waals surface area contributed by atoms with Crippen LogP contribution in [0.1, 0.15) is 21.5 Å². The number of aryl methyl sites for hydroxylation is 1. The lowest BCUT2D eigenvalue weighted by Gasteiger charge is -2.11. The fraction of sp³-hybridized carbons (Fsp3) is 0.148. The fourth-order valence-corrected chi connectivity index (χ4v) is 3.68. The maximum atomic E-state index is 12.5. The molecule has 0 aliphatic rings. The molecular weight excluding hydrogens is 517 g/mol. The highest BCUT2D eigenvalue weighted by Crippen LogP contribution is 2.34. The zero-order valence-corrected chi connectivity index (χ0v) is 21.7. The van der Waals surface area contributed by atoms with Crippen molar-refractivity contribution < 1.29 is 23.8 Å². The number of ether oxygens (including phenoxy) is 3. The molecule has 0 unspecified atom stereocenters. The molecule has 10 heteroatoms. The van der Waals surface area contributed by atoms with Gasteiger partial charge in [-0.1, -0.05) is 53.6 Å². The van der Waals surface area contributed by atoms with E-state index in [4.69, 9.17) is 37.4 Å². The number of hydrogen-bond acceptors (Lipinski definition) is 6. The first-order chi connectivity index (χ1) is 17.8. The van der Waals surface area contributed by atoms with Crippen LogP contribution in [-0.4, -0.2) is 38.4 Å². The van der Waals surface area contributed by atoms with E-state index in [1.54, 1.807) is 42.5 Å². The number of methoxy groups -OCH3 is 1. The van der Waals surface area contributed by atoms with Crippen LogP contribution < -0.4 is 25.0 Å². The molecule has 0 heterocycles. The van der Waals surface area contributed by atoms with E-state index in [2.05, 4.69) is 22.4 Å². The van der Waals surface area contributed by atoms with Gasteiger partial charge < -0.3 is 19.5 Å². The van der Waals surface area contributed by atoms with E-state index in [-0.39, 0.29) is 28.3 Å². The summed E-state index contributed by atoms with van der Waals surface area (Å²) in [5.74, 6) is 0.235. The summed E-state index contributed by atoms with van der Waals surface area (Å²) in [5, 5.41) is 7.05. The number of rotatable bonds is 11. The zero-order chi connectivity index (χ0) is 26.8. The Morgan fingerprint density at radius 2 is 1.70 bits per heavy atom. The standard InChI is InChI=1S/C27H25Cl2N3O5/c1-4-11-36-23-10-7-19(14-24(23)35-3)27(34)32-30-15-18-12-21(28)26(22(29)13-18)37-16-25(33)31-20-8-5-17(2)6-9-20/h4-10,12-15H,1,11,16H2,2-3H3,(H,31,33)(H,32,34)/b30-15+. The molecule has 0 atom stereocenters. The first-order valence-corrected chi connectivity index (χ1v) is 11.8. The number of nitrogens with zero attached hydrogens (tertiary/aromatic N) is 1. The Morgan fingerprint density at radius 3 is 2.35 bits per heavy atom. The highest BCUT2D eigenvalue weighted by Gasteiger charge is 2.13. The number of amides is 2. The van der Waals surface area contributed by atoms with Crippen molar-refractivity contribution in [2.24, 2.45) is 5.10 Å². The number of benzene rings is 3. The van der Waals surface area contributed by atoms with Crippen LogP contribution in [0.3, 0.4) is 0 Å². The second kappa shape index (κ2) is 13.3. The molecule has 0 aromatic heterocycles. The predicted molar refractivity (Wildman–Crippen MR) is 146 cm³/mol. The number of hydrazone groups is 1. The third-order valence-electron chi connectivity index (χ3n) is 4.87. The molecule has 0 bridgehead atoms. The lowest BCUT2D eigenvalue weighted by atomic mass is 10.2. The second-order valence-corrected chi connectivity index (χ2v) is 8.50. The average Bonchev–Trinajstić information content (AvgIpc) is 2.88. The van der Waals surface area contributed by atoms with Crippen LogP contribution in [0.5, 0.6) is 17.2 Å². The monoisotopic (exact) mass is 541 g/mol. The second-order valence-electron chi connectivity index (χ2n) is 7.68. The molecule has 3 aromatic carbocycles. The molecule has 2 N–H and O–H groups in total. The van der Waals surface area contributed by atoms with Gasteiger partial charge in [-0.2, -0.15) is 5.10 Å². The summed E-state index contributed by atoms with van der Waals surface area (Å²) in [4.78, 5) is 24.7. The number of hydrogen-bond donors (Lipinski definition) is 2. The molecule has 0 aliphatic heterocycles. The summed E-state index contributed by atoms with van der Waals surface area (Å²) in [6, 6.07) is 15.2.